The Hall–Kier alpha value is -3.28. The summed E-state index contributed by atoms with van der Waals surface area (Å²) in [5.41, 5.74) is 1.22. The number of esters is 2. The molecular formula is C20H20O6. The molecule has 0 aromatic heterocycles. The van der Waals surface area contributed by atoms with Gasteiger partial charge in [-0.05, 0) is 35.4 Å². The van der Waals surface area contributed by atoms with E-state index in [1.165, 1.54) is 14.2 Å². The molecule has 0 aliphatic carbocycles. The van der Waals surface area contributed by atoms with Crippen LogP contribution in [-0.4, -0.2) is 40.4 Å². The number of rotatable bonds is 6. The van der Waals surface area contributed by atoms with Crippen molar-refractivity contribution in [3.63, 3.8) is 0 Å². The van der Waals surface area contributed by atoms with Crippen molar-refractivity contribution in [2.75, 3.05) is 28.4 Å². The monoisotopic (exact) mass is 356 g/mol. The molecular weight excluding hydrogens is 336 g/mol. The highest BCUT2D eigenvalue weighted by molar-refractivity contribution is 6.37. The summed E-state index contributed by atoms with van der Waals surface area (Å²) in [7, 11) is 5.61. The zero-order valence-electron chi connectivity index (χ0n) is 15.1. The summed E-state index contributed by atoms with van der Waals surface area (Å²) < 4.78 is 20.1. The van der Waals surface area contributed by atoms with Crippen molar-refractivity contribution in [3.8, 4) is 11.5 Å². The van der Waals surface area contributed by atoms with E-state index in [0.717, 1.165) is 0 Å². The molecule has 0 amide bonds. The van der Waals surface area contributed by atoms with Crippen LogP contribution in [0.5, 0.6) is 11.5 Å². The van der Waals surface area contributed by atoms with Crippen molar-refractivity contribution >= 4 is 23.1 Å². The third-order valence-corrected chi connectivity index (χ3v) is 3.79. The fourth-order valence-corrected chi connectivity index (χ4v) is 2.45. The fraction of sp³-hybridized carbons (Fsp3) is 0.200. The molecule has 2 aromatic rings. The Balaban J connectivity index is 2.72. The maximum absolute atomic E-state index is 12.5. The van der Waals surface area contributed by atoms with E-state index >= 15 is 0 Å². The fourth-order valence-electron chi connectivity index (χ4n) is 2.45. The highest BCUT2D eigenvalue weighted by Crippen LogP contribution is 2.30. The quantitative estimate of drug-likeness (QED) is 0.450. The van der Waals surface area contributed by atoms with E-state index in [-0.39, 0.29) is 11.1 Å². The summed E-state index contributed by atoms with van der Waals surface area (Å²) in [6.07, 6.45) is 0. The average Bonchev–Trinajstić information content (AvgIpc) is 2.71. The topological polar surface area (TPSA) is 71.1 Å². The van der Waals surface area contributed by atoms with Gasteiger partial charge < -0.3 is 18.9 Å². The lowest BCUT2D eigenvalue weighted by molar-refractivity contribution is -0.135. The SMILES string of the molecule is COC(=O)C(=C(C(=O)OC)c1ccc(OC)cc1)c1ccc(OC)cc1. The van der Waals surface area contributed by atoms with E-state index in [9.17, 15) is 9.59 Å². The van der Waals surface area contributed by atoms with E-state index in [1.807, 2.05) is 0 Å². The van der Waals surface area contributed by atoms with E-state index in [1.54, 1.807) is 62.8 Å². The zero-order valence-corrected chi connectivity index (χ0v) is 15.1. The normalized spacial score (nSPS) is 11.2. The number of methoxy groups -OCH3 is 4. The summed E-state index contributed by atoms with van der Waals surface area (Å²) in [5.74, 6) is -0.0400. The van der Waals surface area contributed by atoms with Crippen molar-refractivity contribution in [1.82, 2.24) is 0 Å². The molecule has 0 saturated heterocycles. The van der Waals surface area contributed by atoms with Gasteiger partial charge in [-0.25, -0.2) is 9.59 Å². The first-order valence-corrected chi connectivity index (χ1v) is 7.75. The Morgan fingerprint density at radius 3 is 1.12 bits per heavy atom. The molecule has 0 saturated carbocycles. The number of hydrogen-bond acceptors (Lipinski definition) is 6. The molecule has 0 heterocycles. The van der Waals surface area contributed by atoms with Gasteiger partial charge in [0.1, 0.15) is 11.5 Å². The van der Waals surface area contributed by atoms with Crippen LogP contribution in [0.4, 0.5) is 0 Å². The molecule has 26 heavy (non-hydrogen) atoms. The van der Waals surface area contributed by atoms with Gasteiger partial charge in [0.15, 0.2) is 0 Å². The molecule has 0 aliphatic rings. The highest BCUT2D eigenvalue weighted by Gasteiger charge is 2.25. The van der Waals surface area contributed by atoms with Crippen LogP contribution >= 0.6 is 0 Å². The number of carbonyl (C=O) groups excluding carboxylic acids is 2. The molecule has 136 valence electrons. The van der Waals surface area contributed by atoms with Gasteiger partial charge in [0.05, 0.1) is 39.6 Å². The molecule has 0 radical (unpaired) electrons. The minimum absolute atomic E-state index is 0.104. The molecule has 0 aliphatic heterocycles. The largest absolute Gasteiger partial charge is 0.497 e. The van der Waals surface area contributed by atoms with Crippen LogP contribution in [0.2, 0.25) is 0 Å². The lowest BCUT2D eigenvalue weighted by atomic mass is 9.94. The summed E-state index contributed by atoms with van der Waals surface area (Å²) in [5, 5.41) is 0. The third kappa shape index (κ3) is 4.03. The molecule has 2 rings (SSSR count). The minimum atomic E-state index is -0.647. The first-order valence-electron chi connectivity index (χ1n) is 7.75. The van der Waals surface area contributed by atoms with Crippen molar-refractivity contribution in [2.24, 2.45) is 0 Å². The van der Waals surface area contributed by atoms with Gasteiger partial charge in [-0.15, -0.1) is 0 Å². The molecule has 0 bridgehead atoms. The standard InChI is InChI=1S/C20H20O6/c1-23-15-9-5-13(6-10-15)17(19(21)25-3)18(20(22)26-4)14-7-11-16(24-2)12-8-14/h5-12H,1-4H3. The Kier molecular flexibility index (Phi) is 6.38. The lowest BCUT2D eigenvalue weighted by Gasteiger charge is -2.14. The van der Waals surface area contributed by atoms with Crippen LogP contribution in [0.25, 0.3) is 11.1 Å². The van der Waals surface area contributed by atoms with Gasteiger partial charge in [0.2, 0.25) is 0 Å². The van der Waals surface area contributed by atoms with Crippen molar-refractivity contribution in [1.29, 1.82) is 0 Å². The van der Waals surface area contributed by atoms with Gasteiger partial charge in [-0.1, -0.05) is 24.3 Å². The van der Waals surface area contributed by atoms with E-state index in [4.69, 9.17) is 18.9 Å². The number of benzene rings is 2. The molecule has 0 N–H and O–H groups in total. The molecule has 0 spiro atoms. The minimum Gasteiger partial charge on any atom is -0.497 e. The third-order valence-electron chi connectivity index (χ3n) is 3.79. The van der Waals surface area contributed by atoms with E-state index in [2.05, 4.69) is 0 Å². The first-order chi connectivity index (χ1) is 12.5. The summed E-state index contributed by atoms with van der Waals surface area (Å²) in [6, 6.07) is 13.5. The highest BCUT2D eigenvalue weighted by atomic mass is 16.5. The predicted octanol–water partition coefficient (Wildman–Crippen LogP) is 2.96. The van der Waals surface area contributed by atoms with Crippen molar-refractivity contribution in [3.05, 3.63) is 59.7 Å². The molecule has 2 aromatic carbocycles. The second kappa shape index (κ2) is 8.71. The molecule has 0 atom stereocenters. The predicted molar refractivity (Wildman–Crippen MR) is 96.8 cm³/mol. The second-order valence-electron chi connectivity index (χ2n) is 5.19. The van der Waals surface area contributed by atoms with Crippen molar-refractivity contribution in [2.45, 2.75) is 0 Å². The molecule has 0 unspecified atom stereocenters. The van der Waals surface area contributed by atoms with E-state index in [0.29, 0.717) is 22.6 Å². The Bertz CT molecular complexity index is 734. The Morgan fingerprint density at radius 1 is 0.577 bits per heavy atom. The second-order valence-corrected chi connectivity index (χ2v) is 5.19. The molecule has 6 heteroatoms. The van der Waals surface area contributed by atoms with Crippen LogP contribution in [0.1, 0.15) is 11.1 Å². The molecule has 6 nitrogen and oxygen atoms in total. The smallest absolute Gasteiger partial charge is 0.339 e. The first kappa shape index (κ1) is 19.1. The number of carbonyl (C=O) groups is 2. The zero-order chi connectivity index (χ0) is 19.1. The molecule has 0 fully saturated rings. The van der Waals surface area contributed by atoms with Crippen molar-refractivity contribution < 1.29 is 28.5 Å². The van der Waals surface area contributed by atoms with Crippen LogP contribution in [0.3, 0.4) is 0 Å². The van der Waals surface area contributed by atoms with E-state index < -0.39 is 11.9 Å². The summed E-state index contributed by atoms with van der Waals surface area (Å²) in [4.78, 5) is 25.0. The van der Waals surface area contributed by atoms with Crippen LogP contribution < -0.4 is 9.47 Å². The van der Waals surface area contributed by atoms with Gasteiger partial charge >= 0.3 is 11.9 Å². The number of hydrogen-bond donors (Lipinski definition) is 0. The van der Waals surface area contributed by atoms with Gasteiger partial charge in [-0.3, -0.25) is 0 Å². The summed E-state index contributed by atoms with van der Waals surface area (Å²) >= 11 is 0. The maximum Gasteiger partial charge on any atom is 0.339 e. The van der Waals surface area contributed by atoms with Crippen LogP contribution in [0.15, 0.2) is 48.5 Å². The Labute approximate surface area is 151 Å². The lowest BCUT2D eigenvalue weighted by Crippen LogP contribution is -2.13. The van der Waals surface area contributed by atoms with Gasteiger partial charge in [-0.2, -0.15) is 0 Å². The maximum atomic E-state index is 12.5. The van der Waals surface area contributed by atoms with Gasteiger partial charge in [0.25, 0.3) is 0 Å². The van der Waals surface area contributed by atoms with Crippen LogP contribution in [0, 0.1) is 0 Å². The summed E-state index contributed by atoms with van der Waals surface area (Å²) in [6.45, 7) is 0. The average molecular weight is 356 g/mol. The Morgan fingerprint density at radius 2 is 0.885 bits per heavy atom. The van der Waals surface area contributed by atoms with Crippen LogP contribution in [-0.2, 0) is 19.1 Å². The number of ether oxygens (including phenoxy) is 4. The van der Waals surface area contributed by atoms with Gasteiger partial charge in [0, 0.05) is 0 Å².